The fraction of sp³-hybridized carbons (Fsp3) is 0.238. The van der Waals surface area contributed by atoms with E-state index >= 15 is 0 Å². The van der Waals surface area contributed by atoms with E-state index in [4.69, 9.17) is 14.7 Å². The van der Waals surface area contributed by atoms with Crippen LogP contribution in [0.25, 0.3) is 0 Å². The van der Waals surface area contributed by atoms with Crippen molar-refractivity contribution in [2.45, 2.75) is 32.6 Å². The quantitative estimate of drug-likeness (QED) is 0.695. The van der Waals surface area contributed by atoms with Gasteiger partial charge in [-0.05, 0) is 43.7 Å². The average Bonchev–Trinajstić information content (AvgIpc) is 2.73. The zero-order valence-corrected chi connectivity index (χ0v) is 16.0. The van der Waals surface area contributed by atoms with Crippen molar-refractivity contribution in [2.75, 3.05) is 0 Å². The van der Waals surface area contributed by atoms with Crippen LogP contribution in [0.1, 0.15) is 25.0 Å². The molecule has 8 heteroatoms. The Kier molecular flexibility index (Phi) is 7.74. The Morgan fingerprint density at radius 2 is 1.66 bits per heavy atom. The van der Waals surface area contributed by atoms with Crippen molar-refractivity contribution in [3.63, 3.8) is 0 Å². The number of esters is 1. The number of rotatable bonds is 7. The standard InChI is InChI=1S/C21H21N3O5/c1-14(19(25)24-21(27)23-13-17-6-4-3-5-7-17)29-20(26)15(2)28-18-10-8-16(12-22)9-11-18/h3-11,14-15H,13H2,1-2H3,(H2,23,24,25,27)/t14-,15-/m0/s1. The number of ether oxygens (including phenoxy) is 2. The molecule has 0 radical (unpaired) electrons. The van der Waals surface area contributed by atoms with Crippen molar-refractivity contribution in [3.8, 4) is 11.8 Å². The number of urea groups is 1. The van der Waals surface area contributed by atoms with Gasteiger partial charge in [-0.3, -0.25) is 10.1 Å². The van der Waals surface area contributed by atoms with Gasteiger partial charge in [-0.15, -0.1) is 0 Å². The molecule has 0 fully saturated rings. The van der Waals surface area contributed by atoms with Gasteiger partial charge < -0.3 is 14.8 Å². The first-order chi connectivity index (χ1) is 13.9. The third kappa shape index (κ3) is 6.99. The van der Waals surface area contributed by atoms with Crippen LogP contribution in [0.4, 0.5) is 4.79 Å². The summed E-state index contributed by atoms with van der Waals surface area (Å²) in [4.78, 5) is 35.9. The number of carbonyl (C=O) groups excluding carboxylic acids is 3. The third-order valence-corrected chi connectivity index (χ3v) is 3.82. The fourth-order valence-corrected chi connectivity index (χ4v) is 2.22. The van der Waals surface area contributed by atoms with E-state index in [2.05, 4.69) is 10.6 Å². The molecule has 0 spiro atoms. The van der Waals surface area contributed by atoms with Crippen molar-refractivity contribution < 1.29 is 23.9 Å². The first kappa shape index (κ1) is 21.4. The van der Waals surface area contributed by atoms with Gasteiger partial charge in [-0.2, -0.15) is 5.26 Å². The van der Waals surface area contributed by atoms with Crippen LogP contribution in [0.2, 0.25) is 0 Å². The highest BCUT2D eigenvalue weighted by molar-refractivity contribution is 5.97. The molecule has 0 aliphatic carbocycles. The number of benzene rings is 2. The van der Waals surface area contributed by atoms with Crippen LogP contribution in [0.15, 0.2) is 54.6 Å². The number of carbonyl (C=O) groups is 3. The van der Waals surface area contributed by atoms with Crippen LogP contribution in [-0.2, 0) is 20.9 Å². The Morgan fingerprint density at radius 1 is 1.00 bits per heavy atom. The molecule has 2 aromatic rings. The zero-order valence-electron chi connectivity index (χ0n) is 16.0. The number of amides is 3. The lowest BCUT2D eigenvalue weighted by Crippen LogP contribution is -2.45. The number of nitriles is 1. The fourth-order valence-electron chi connectivity index (χ4n) is 2.22. The molecule has 2 atom stereocenters. The van der Waals surface area contributed by atoms with Gasteiger partial charge in [0, 0.05) is 6.54 Å². The molecule has 0 aliphatic rings. The summed E-state index contributed by atoms with van der Waals surface area (Å²) in [6, 6.07) is 16.7. The smallest absolute Gasteiger partial charge is 0.347 e. The molecule has 2 aromatic carbocycles. The highest BCUT2D eigenvalue weighted by Gasteiger charge is 2.24. The largest absolute Gasteiger partial charge is 0.479 e. The van der Waals surface area contributed by atoms with Crippen molar-refractivity contribution in [1.29, 1.82) is 5.26 Å². The lowest BCUT2D eigenvalue weighted by molar-refractivity contribution is -0.160. The van der Waals surface area contributed by atoms with E-state index < -0.39 is 30.1 Å². The van der Waals surface area contributed by atoms with Gasteiger partial charge >= 0.3 is 12.0 Å². The molecular weight excluding hydrogens is 374 g/mol. The van der Waals surface area contributed by atoms with E-state index in [1.54, 1.807) is 24.3 Å². The van der Waals surface area contributed by atoms with E-state index in [1.165, 1.54) is 13.8 Å². The summed E-state index contributed by atoms with van der Waals surface area (Å²) in [5, 5.41) is 13.4. The molecule has 0 unspecified atom stereocenters. The molecule has 0 aromatic heterocycles. The molecule has 3 amide bonds. The predicted octanol–water partition coefficient (Wildman–Crippen LogP) is 2.28. The summed E-state index contributed by atoms with van der Waals surface area (Å²) < 4.78 is 10.5. The van der Waals surface area contributed by atoms with Gasteiger partial charge in [0.1, 0.15) is 5.75 Å². The van der Waals surface area contributed by atoms with Crippen LogP contribution in [-0.4, -0.2) is 30.1 Å². The normalized spacial score (nSPS) is 12.0. The first-order valence-electron chi connectivity index (χ1n) is 8.89. The Hall–Kier alpha value is -3.86. The molecule has 0 heterocycles. The molecule has 29 heavy (non-hydrogen) atoms. The summed E-state index contributed by atoms with van der Waals surface area (Å²) in [7, 11) is 0. The van der Waals surface area contributed by atoms with Gasteiger partial charge in [0.25, 0.3) is 5.91 Å². The first-order valence-corrected chi connectivity index (χ1v) is 8.89. The van der Waals surface area contributed by atoms with E-state index in [0.717, 1.165) is 5.56 Å². The van der Waals surface area contributed by atoms with Crippen LogP contribution in [0.5, 0.6) is 5.75 Å². The minimum absolute atomic E-state index is 0.254. The summed E-state index contributed by atoms with van der Waals surface area (Å²) >= 11 is 0. The Balaban J connectivity index is 1.77. The second kappa shape index (κ2) is 10.5. The number of hydrogen-bond acceptors (Lipinski definition) is 6. The predicted molar refractivity (Wildman–Crippen MR) is 104 cm³/mol. The second-order valence-corrected chi connectivity index (χ2v) is 6.13. The summed E-state index contributed by atoms with van der Waals surface area (Å²) in [5.74, 6) is -1.14. The topological polar surface area (TPSA) is 118 Å². The van der Waals surface area contributed by atoms with Crippen LogP contribution in [0, 0.1) is 11.3 Å². The van der Waals surface area contributed by atoms with E-state index in [-0.39, 0.29) is 6.54 Å². The third-order valence-electron chi connectivity index (χ3n) is 3.82. The summed E-state index contributed by atoms with van der Waals surface area (Å²) in [6.45, 7) is 3.08. The van der Waals surface area contributed by atoms with Crippen LogP contribution >= 0.6 is 0 Å². The van der Waals surface area contributed by atoms with Crippen molar-refractivity contribution >= 4 is 17.9 Å². The zero-order chi connectivity index (χ0) is 21.2. The lowest BCUT2D eigenvalue weighted by Gasteiger charge is -2.17. The van der Waals surface area contributed by atoms with Gasteiger partial charge in [0.15, 0.2) is 12.2 Å². The minimum Gasteiger partial charge on any atom is -0.479 e. The Labute approximate surface area is 168 Å². The molecule has 2 N–H and O–H groups in total. The lowest BCUT2D eigenvalue weighted by atomic mass is 10.2. The van der Waals surface area contributed by atoms with Crippen molar-refractivity contribution in [1.82, 2.24) is 10.6 Å². The molecule has 150 valence electrons. The number of imide groups is 1. The highest BCUT2D eigenvalue weighted by atomic mass is 16.6. The maximum Gasteiger partial charge on any atom is 0.347 e. The van der Waals surface area contributed by atoms with E-state index in [0.29, 0.717) is 11.3 Å². The van der Waals surface area contributed by atoms with Crippen molar-refractivity contribution in [3.05, 3.63) is 65.7 Å². The monoisotopic (exact) mass is 395 g/mol. The maximum absolute atomic E-state index is 12.1. The molecule has 2 rings (SSSR count). The molecular formula is C21H21N3O5. The molecule has 0 saturated heterocycles. The highest BCUT2D eigenvalue weighted by Crippen LogP contribution is 2.14. The van der Waals surface area contributed by atoms with Crippen molar-refractivity contribution in [2.24, 2.45) is 0 Å². The second-order valence-electron chi connectivity index (χ2n) is 6.13. The van der Waals surface area contributed by atoms with Gasteiger partial charge in [0.05, 0.1) is 11.6 Å². The molecule has 0 saturated carbocycles. The molecule has 0 aliphatic heterocycles. The SMILES string of the molecule is C[C@H](OC(=O)[C@H](C)Oc1ccc(C#N)cc1)C(=O)NC(=O)NCc1ccccc1. The van der Waals surface area contributed by atoms with Gasteiger partial charge in [0.2, 0.25) is 0 Å². The van der Waals surface area contributed by atoms with Crippen LogP contribution < -0.4 is 15.4 Å². The number of nitrogens with one attached hydrogen (secondary N) is 2. The molecule has 8 nitrogen and oxygen atoms in total. The number of hydrogen-bond donors (Lipinski definition) is 2. The average molecular weight is 395 g/mol. The number of nitrogens with zero attached hydrogens (tertiary/aromatic N) is 1. The Bertz CT molecular complexity index is 891. The van der Waals surface area contributed by atoms with Gasteiger partial charge in [-0.1, -0.05) is 30.3 Å². The Morgan fingerprint density at radius 3 is 2.28 bits per heavy atom. The van der Waals surface area contributed by atoms with E-state index in [9.17, 15) is 14.4 Å². The van der Waals surface area contributed by atoms with Gasteiger partial charge in [-0.25, -0.2) is 9.59 Å². The minimum atomic E-state index is -1.18. The maximum atomic E-state index is 12.1. The van der Waals surface area contributed by atoms with E-state index in [1.807, 2.05) is 36.4 Å². The van der Waals surface area contributed by atoms with Crippen LogP contribution in [0.3, 0.4) is 0 Å². The summed E-state index contributed by atoms with van der Waals surface area (Å²) in [6.07, 6.45) is -2.16. The summed E-state index contributed by atoms with van der Waals surface area (Å²) in [5.41, 5.74) is 1.34. The molecule has 0 bridgehead atoms.